The molecule has 0 bridgehead atoms. The number of hydrogen-bond acceptors (Lipinski definition) is 6. The molecule has 2 aliphatic heterocycles. The van der Waals surface area contributed by atoms with Crippen molar-refractivity contribution < 1.29 is 0 Å². The van der Waals surface area contributed by atoms with Crippen LogP contribution in [0.5, 0.6) is 0 Å². The van der Waals surface area contributed by atoms with E-state index in [1.54, 1.807) is 4.57 Å². The summed E-state index contributed by atoms with van der Waals surface area (Å²) in [7, 11) is 0. The first-order chi connectivity index (χ1) is 13.2. The second kappa shape index (κ2) is 8.21. The van der Waals surface area contributed by atoms with Gasteiger partial charge in [0.05, 0.1) is 0 Å². The fourth-order valence-electron chi connectivity index (χ4n) is 4.24. The summed E-state index contributed by atoms with van der Waals surface area (Å²) in [6.45, 7) is 7.70. The Hall–Kier alpha value is -2.22. The zero-order chi connectivity index (χ0) is 18.6. The van der Waals surface area contributed by atoms with Crippen LogP contribution in [0.25, 0.3) is 0 Å². The molecule has 0 saturated carbocycles. The third-order valence-corrected chi connectivity index (χ3v) is 5.79. The van der Waals surface area contributed by atoms with Gasteiger partial charge in [0.25, 0.3) is 0 Å². The minimum atomic E-state index is -0.0964. The third kappa shape index (κ3) is 4.05. The number of rotatable bonds is 5. The van der Waals surface area contributed by atoms with Crippen molar-refractivity contribution >= 4 is 5.95 Å². The van der Waals surface area contributed by atoms with Crippen LogP contribution >= 0.6 is 0 Å². The molecule has 4 heterocycles. The van der Waals surface area contributed by atoms with E-state index in [2.05, 4.69) is 30.0 Å². The first-order valence-electron chi connectivity index (χ1n) is 10.2. The van der Waals surface area contributed by atoms with Crippen LogP contribution in [0.3, 0.4) is 0 Å². The number of H-pyrrole nitrogens is 1. The summed E-state index contributed by atoms with van der Waals surface area (Å²) in [5.41, 5.74) is 1.07. The fourth-order valence-corrected chi connectivity index (χ4v) is 4.24. The Morgan fingerprint density at radius 2 is 1.78 bits per heavy atom. The normalized spacial score (nSPS) is 19.5. The van der Waals surface area contributed by atoms with Gasteiger partial charge >= 0.3 is 5.69 Å². The van der Waals surface area contributed by atoms with Crippen molar-refractivity contribution in [2.45, 2.75) is 58.0 Å². The molecule has 2 aromatic heterocycles. The number of anilines is 1. The van der Waals surface area contributed by atoms with Gasteiger partial charge in [0.2, 0.25) is 5.95 Å². The Bertz CT molecular complexity index is 783. The molecular weight excluding hydrogens is 342 g/mol. The van der Waals surface area contributed by atoms with E-state index in [0.29, 0.717) is 12.5 Å². The van der Waals surface area contributed by atoms with Gasteiger partial charge in [-0.05, 0) is 52.1 Å². The highest BCUT2D eigenvalue weighted by Gasteiger charge is 2.25. The molecule has 2 fully saturated rings. The highest BCUT2D eigenvalue weighted by molar-refractivity contribution is 5.30. The van der Waals surface area contributed by atoms with Crippen molar-refractivity contribution in [3.8, 4) is 0 Å². The molecule has 146 valence electrons. The first-order valence-corrected chi connectivity index (χ1v) is 10.2. The van der Waals surface area contributed by atoms with Crippen molar-refractivity contribution in [2.75, 3.05) is 31.1 Å². The topological polar surface area (TPSA) is 82.9 Å². The average Bonchev–Trinajstić information content (AvgIpc) is 3.10. The summed E-state index contributed by atoms with van der Waals surface area (Å²) in [5, 5.41) is 6.85. The van der Waals surface area contributed by atoms with Crippen LogP contribution < -0.4 is 10.6 Å². The maximum absolute atomic E-state index is 11.8. The maximum Gasteiger partial charge on any atom is 0.343 e. The molecule has 27 heavy (non-hydrogen) atoms. The Labute approximate surface area is 159 Å². The van der Waals surface area contributed by atoms with E-state index in [1.807, 2.05) is 19.3 Å². The van der Waals surface area contributed by atoms with Gasteiger partial charge in [0, 0.05) is 50.1 Å². The molecule has 2 aromatic rings. The molecule has 0 aromatic carbocycles. The standard InChI is InChI=1S/C19H29N7O/c1-2-26-17(22-23-19(26)27)16-6-10-24(11-7-16)14-15-12-20-18(21-13-15)25-8-4-3-5-9-25/h12-13,16H,2-11,14H2,1H3,(H,23,27). The molecule has 8 heteroatoms. The highest BCUT2D eigenvalue weighted by Crippen LogP contribution is 2.26. The zero-order valence-corrected chi connectivity index (χ0v) is 16.1. The minimum absolute atomic E-state index is 0.0964. The van der Waals surface area contributed by atoms with Crippen LogP contribution in [0.15, 0.2) is 17.2 Å². The van der Waals surface area contributed by atoms with Crippen molar-refractivity contribution in [3.05, 3.63) is 34.3 Å². The molecular formula is C19H29N7O. The Morgan fingerprint density at radius 1 is 1.07 bits per heavy atom. The van der Waals surface area contributed by atoms with Gasteiger partial charge in [-0.1, -0.05) is 0 Å². The van der Waals surface area contributed by atoms with E-state index in [0.717, 1.165) is 57.3 Å². The fraction of sp³-hybridized carbons (Fsp3) is 0.684. The van der Waals surface area contributed by atoms with Gasteiger partial charge in [-0.15, -0.1) is 0 Å². The molecule has 0 radical (unpaired) electrons. The zero-order valence-electron chi connectivity index (χ0n) is 16.1. The van der Waals surface area contributed by atoms with Crippen molar-refractivity contribution in [3.63, 3.8) is 0 Å². The maximum atomic E-state index is 11.8. The lowest BCUT2D eigenvalue weighted by Gasteiger charge is -2.31. The molecule has 4 rings (SSSR count). The van der Waals surface area contributed by atoms with Crippen LogP contribution in [0.2, 0.25) is 0 Å². The number of nitrogens with zero attached hydrogens (tertiary/aromatic N) is 6. The number of likely N-dealkylation sites (tertiary alicyclic amines) is 1. The first kappa shape index (κ1) is 18.2. The second-order valence-corrected chi connectivity index (χ2v) is 7.62. The highest BCUT2D eigenvalue weighted by atomic mass is 16.1. The van der Waals surface area contributed by atoms with Crippen LogP contribution in [0.4, 0.5) is 5.95 Å². The van der Waals surface area contributed by atoms with Gasteiger partial charge in [-0.3, -0.25) is 9.47 Å². The van der Waals surface area contributed by atoms with Gasteiger partial charge in [-0.25, -0.2) is 19.9 Å². The van der Waals surface area contributed by atoms with E-state index in [4.69, 9.17) is 0 Å². The molecule has 8 nitrogen and oxygen atoms in total. The number of aromatic amines is 1. The van der Waals surface area contributed by atoms with E-state index in [1.165, 1.54) is 24.8 Å². The molecule has 0 unspecified atom stereocenters. The van der Waals surface area contributed by atoms with E-state index < -0.39 is 0 Å². The van der Waals surface area contributed by atoms with Crippen molar-refractivity contribution in [2.24, 2.45) is 0 Å². The predicted molar refractivity (Wildman–Crippen MR) is 104 cm³/mol. The number of nitrogens with one attached hydrogen (secondary N) is 1. The number of piperidine rings is 2. The van der Waals surface area contributed by atoms with Crippen LogP contribution in [0, 0.1) is 0 Å². The summed E-state index contributed by atoms with van der Waals surface area (Å²) in [6, 6.07) is 0. The van der Waals surface area contributed by atoms with Gasteiger partial charge < -0.3 is 4.90 Å². The Morgan fingerprint density at radius 3 is 2.44 bits per heavy atom. The van der Waals surface area contributed by atoms with Crippen LogP contribution in [-0.4, -0.2) is 55.8 Å². The average molecular weight is 371 g/mol. The lowest BCUT2D eigenvalue weighted by atomic mass is 9.95. The SMILES string of the molecule is CCn1c(C2CCN(Cc3cnc(N4CCCCC4)nc3)CC2)n[nH]c1=O. The second-order valence-electron chi connectivity index (χ2n) is 7.62. The molecule has 0 amide bonds. The van der Waals surface area contributed by atoms with E-state index >= 15 is 0 Å². The van der Waals surface area contributed by atoms with Crippen molar-refractivity contribution in [1.82, 2.24) is 29.6 Å². The summed E-state index contributed by atoms with van der Waals surface area (Å²) in [4.78, 5) is 25.7. The largest absolute Gasteiger partial charge is 0.343 e. The monoisotopic (exact) mass is 371 g/mol. The van der Waals surface area contributed by atoms with E-state index in [-0.39, 0.29) is 5.69 Å². The van der Waals surface area contributed by atoms with Crippen molar-refractivity contribution in [1.29, 1.82) is 0 Å². The summed E-state index contributed by atoms with van der Waals surface area (Å²) < 4.78 is 1.76. The lowest BCUT2D eigenvalue weighted by molar-refractivity contribution is 0.199. The summed E-state index contributed by atoms with van der Waals surface area (Å²) >= 11 is 0. The third-order valence-electron chi connectivity index (χ3n) is 5.79. The smallest absolute Gasteiger partial charge is 0.341 e. The molecule has 0 atom stereocenters. The molecule has 2 saturated heterocycles. The number of hydrogen-bond donors (Lipinski definition) is 1. The quantitative estimate of drug-likeness (QED) is 0.862. The van der Waals surface area contributed by atoms with E-state index in [9.17, 15) is 4.79 Å². The predicted octanol–water partition coefficient (Wildman–Crippen LogP) is 1.75. The number of aromatic nitrogens is 5. The minimum Gasteiger partial charge on any atom is -0.341 e. The Balaban J connectivity index is 1.32. The van der Waals surface area contributed by atoms with Crippen LogP contribution in [-0.2, 0) is 13.1 Å². The lowest BCUT2D eigenvalue weighted by Crippen LogP contribution is -2.34. The molecule has 1 N–H and O–H groups in total. The van der Waals surface area contributed by atoms with Gasteiger partial charge in [-0.2, -0.15) is 5.10 Å². The summed E-state index contributed by atoms with van der Waals surface area (Å²) in [5.74, 6) is 2.14. The Kier molecular flexibility index (Phi) is 5.52. The molecule has 0 spiro atoms. The summed E-state index contributed by atoms with van der Waals surface area (Å²) in [6.07, 6.45) is 9.80. The van der Waals surface area contributed by atoms with Gasteiger partial charge in [0.1, 0.15) is 5.82 Å². The molecule has 0 aliphatic carbocycles. The molecule has 2 aliphatic rings. The van der Waals surface area contributed by atoms with Crippen LogP contribution in [0.1, 0.15) is 56.3 Å². The van der Waals surface area contributed by atoms with Gasteiger partial charge in [0.15, 0.2) is 0 Å².